The first-order chi connectivity index (χ1) is 6.74. The van der Waals surface area contributed by atoms with E-state index in [1.165, 1.54) is 10.4 Å². The first kappa shape index (κ1) is 10.1. The maximum Gasteiger partial charge on any atom is 0.143 e. The van der Waals surface area contributed by atoms with Crippen molar-refractivity contribution in [3.8, 4) is 0 Å². The third kappa shape index (κ3) is 1.59. The van der Waals surface area contributed by atoms with Gasteiger partial charge in [-0.15, -0.1) is 11.3 Å². The van der Waals surface area contributed by atoms with Gasteiger partial charge in [-0.3, -0.25) is 5.32 Å². The minimum absolute atomic E-state index is 0.0844. The van der Waals surface area contributed by atoms with Crippen molar-refractivity contribution in [2.45, 2.75) is 12.3 Å². The lowest BCUT2D eigenvalue weighted by Crippen LogP contribution is -2.33. The van der Waals surface area contributed by atoms with Gasteiger partial charge in [0.05, 0.1) is 17.5 Å². The molecule has 0 amide bonds. The number of nitrogens with one attached hydrogen (secondary N) is 1. The first-order valence-corrected chi connectivity index (χ1v) is 5.64. The van der Waals surface area contributed by atoms with E-state index in [0.717, 1.165) is 6.61 Å². The second-order valence-corrected chi connectivity index (χ2v) is 4.67. The Balaban J connectivity index is 2.32. The summed E-state index contributed by atoms with van der Waals surface area (Å²) in [6.45, 7) is 0.766. The average Bonchev–Trinajstić information content (AvgIpc) is 2.64. The van der Waals surface area contributed by atoms with Gasteiger partial charge in [-0.1, -0.05) is 0 Å². The van der Waals surface area contributed by atoms with Crippen molar-refractivity contribution in [2.24, 2.45) is 0 Å². The van der Waals surface area contributed by atoms with Crippen molar-refractivity contribution in [3.05, 3.63) is 21.9 Å². The number of hydrogen-bond donors (Lipinski definition) is 1. The highest BCUT2D eigenvalue weighted by atomic mass is 32.1. The molecule has 1 aromatic rings. The van der Waals surface area contributed by atoms with Crippen LogP contribution >= 0.6 is 11.3 Å². The SMILES string of the molecule is CNC1OCC(N(C)C)c2ccsc21. The molecule has 1 aliphatic rings. The standard InChI is InChI=1S/C10H16N2OS/c1-11-10-9-7(4-5-14-9)8(6-13-10)12(2)3/h4-5,8,10-11H,6H2,1-3H3. The van der Waals surface area contributed by atoms with Crippen molar-refractivity contribution in [2.75, 3.05) is 27.7 Å². The lowest BCUT2D eigenvalue weighted by molar-refractivity contribution is -0.0119. The first-order valence-electron chi connectivity index (χ1n) is 4.76. The largest absolute Gasteiger partial charge is 0.356 e. The molecule has 2 heterocycles. The van der Waals surface area contributed by atoms with Gasteiger partial charge in [-0.25, -0.2) is 0 Å². The second kappa shape index (κ2) is 3.98. The number of ether oxygens (including phenoxy) is 1. The molecule has 1 aliphatic heterocycles. The average molecular weight is 212 g/mol. The van der Waals surface area contributed by atoms with Gasteiger partial charge in [0.15, 0.2) is 0 Å². The molecule has 1 N–H and O–H groups in total. The monoisotopic (exact) mass is 212 g/mol. The van der Waals surface area contributed by atoms with Crippen molar-refractivity contribution >= 4 is 11.3 Å². The number of thiophene rings is 1. The van der Waals surface area contributed by atoms with E-state index in [9.17, 15) is 0 Å². The zero-order valence-electron chi connectivity index (χ0n) is 8.78. The smallest absolute Gasteiger partial charge is 0.143 e. The van der Waals surface area contributed by atoms with Crippen LogP contribution in [0.5, 0.6) is 0 Å². The summed E-state index contributed by atoms with van der Waals surface area (Å²) in [6, 6.07) is 2.61. The van der Waals surface area contributed by atoms with E-state index in [1.807, 2.05) is 7.05 Å². The van der Waals surface area contributed by atoms with Crippen LogP contribution in [0.4, 0.5) is 0 Å². The summed E-state index contributed by atoms with van der Waals surface area (Å²) in [7, 11) is 6.12. The van der Waals surface area contributed by atoms with Gasteiger partial charge in [0.25, 0.3) is 0 Å². The fourth-order valence-electron chi connectivity index (χ4n) is 1.81. The maximum atomic E-state index is 5.74. The minimum Gasteiger partial charge on any atom is -0.356 e. The molecule has 0 saturated heterocycles. The van der Waals surface area contributed by atoms with Gasteiger partial charge in [0.2, 0.25) is 0 Å². The Morgan fingerprint density at radius 1 is 1.57 bits per heavy atom. The lowest BCUT2D eigenvalue weighted by Gasteiger charge is -2.32. The van der Waals surface area contributed by atoms with E-state index in [1.54, 1.807) is 11.3 Å². The number of fused-ring (bicyclic) bond motifs is 1. The van der Waals surface area contributed by atoms with Crippen LogP contribution in [0.15, 0.2) is 11.4 Å². The highest BCUT2D eigenvalue weighted by molar-refractivity contribution is 7.10. The van der Waals surface area contributed by atoms with Crippen molar-refractivity contribution < 1.29 is 4.74 Å². The number of rotatable bonds is 2. The van der Waals surface area contributed by atoms with Gasteiger partial charge >= 0.3 is 0 Å². The summed E-state index contributed by atoms with van der Waals surface area (Å²) < 4.78 is 5.74. The summed E-state index contributed by atoms with van der Waals surface area (Å²) in [5.74, 6) is 0. The molecule has 2 rings (SSSR count). The van der Waals surface area contributed by atoms with Crippen LogP contribution in [-0.2, 0) is 4.74 Å². The molecular formula is C10H16N2OS. The normalized spacial score (nSPS) is 26.6. The van der Waals surface area contributed by atoms with Crippen LogP contribution in [0.2, 0.25) is 0 Å². The van der Waals surface area contributed by atoms with E-state index < -0.39 is 0 Å². The topological polar surface area (TPSA) is 24.5 Å². The zero-order valence-corrected chi connectivity index (χ0v) is 9.60. The molecule has 0 bridgehead atoms. The Kier molecular flexibility index (Phi) is 2.88. The Labute approximate surface area is 88.7 Å². The summed E-state index contributed by atoms with van der Waals surface area (Å²) in [6.07, 6.45) is 0.0844. The van der Waals surface area contributed by atoms with Crippen molar-refractivity contribution in [1.82, 2.24) is 10.2 Å². The van der Waals surface area contributed by atoms with E-state index in [-0.39, 0.29) is 6.23 Å². The Hall–Kier alpha value is -0.420. The molecule has 2 atom stereocenters. The quantitative estimate of drug-likeness (QED) is 0.806. The summed E-state index contributed by atoms with van der Waals surface area (Å²) in [5.41, 5.74) is 1.41. The molecule has 0 aromatic carbocycles. The van der Waals surface area contributed by atoms with Crippen LogP contribution < -0.4 is 5.32 Å². The third-order valence-electron chi connectivity index (χ3n) is 2.63. The second-order valence-electron chi connectivity index (χ2n) is 3.72. The van der Waals surface area contributed by atoms with Gasteiger partial charge in [-0.05, 0) is 38.2 Å². The molecule has 0 aliphatic carbocycles. The van der Waals surface area contributed by atoms with Gasteiger partial charge in [0.1, 0.15) is 6.23 Å². The third-order valence-corrected chi connectivity index (χ3v) is 3.61. The maximum absolute atomic E-state index is 5.74. The lowest BCUT2D eigenvalue weighted by atomic mass is 10.1. The Morgan fingerprint density at radius 2 is 2.36 bits per heavy atom. The van der Waals surface area contributed by atoms with Crippen LogP contribution in [0.3, 0.4) is 0 Å². The van der Waals surface area contributed by atoms with Gasteiger partial charge < -0.3 is 9.64 Å². The molecule has 3 nitrogen and oxygen atoms in total. The molecule has 0 spiro atoms. The van der Waals surface area contributed by atoms with E-state index in [0.29, 0.717) is 6.04 Å². The van der Waals surface area contributed by atoms with E-state index >= 15 is 0 Å². The van der Waals surface area contributed by atoms with Crippen LogP contribution in [0.1, 0.15) is 22.7 Å². The van der Waals surface area contributed by atoms with E-state index in [2.05, 4.69) is 35.8 Å². The molecular weight excluding hydrogens is 196 g/mol. The van der Waals surface area contributed by atoms with Gasteiger partial charge in [-0.2, -0.15) is 0 Å². The van der Waals surface area contributed by atoms with Crippen molar-refractivity contribution in [1.29, 1.82) is 0 Å². The summed E-state index contributed by atoms with van der Waals surface area (Å²) in [5, 5.41) is 5.31. The summed E-state index contributed by atoms with van der Waals surface area (Å²) >= 11 is 1.77. The highest BCUT2D eigenvalue weighted by Gasteiger charge is 2.29. The molecule has 78 valence electrons. The number of likely N-dealkylation sites (N-methyl/N-ethyl adjacent to an activating group) is 1. The molecule has 0 saturated carbocycles. The zero-order chi connectivity index (χ0) is 10.1. The predicted octanol–water partition coefficient (Wildman–Crippen LogP) is 1.60. The minimum atomic E-state index is 0.0844. The molecule has 0 radical (unpaired) electrons. The molecule has 4 heteroatoms. The summed E-state index contributed by atoms with van der Waals surface area (Å²) in [4.78, 5) is 3.52. The van der Waals surface area contributed by atoms with Crippen LogP contribution in [-0.4, -0.2) is 32.6 Å². The molecule has 0 fully saturated rings. The Morgan fingerprint density at radius 3 is 3.00 bits per heavy atom. The molecule has 2 unspecified atom stereocenters. The Bertz CT molecular complexity index is 311. The molecule has 1 aromatic heterocycles. The van der Waals surface area contributed by atoms with Crippen LogP contribution in [0.25, 0.3) is 0 Å². The predicted molar refractivity (Wildman–Crippen MR) is 58.5 cm³/mol. The number of hydrogen-bond acceptors (Lipinski definition) is 4. The van der Waals surface area contributed by atoms with Crippen molar-refractivity contribution in [3.63, 3.8) is 0 Å². The number of nitrogens with zero attached hydrogens (tertiary/aromatic N) is 1. The highest BCUT2D eigenvalue weighted by Crippen LogP contribution is 2.36. The fourth-order valence-corrected chi connectivity index (χ4v) is 2.82. The van der Waals surface area contributed by atoms with E-state index in [4.69, 9.17) is 4.74 Å². The van der Waals surface area contributed by atoms with Gasteiger partial charge in [0, 0.05) is 0 Å². The fraction of sp³-hybridized carbons (Fsp3) is 0.600. The van der Waals surface area contributed by atoms with Crippen LogP contribution in [0, 0.1) is 0 Å². The molecule has 14 heavy (non-hydrogen) atoms.